The fraction of sp³-hybridized carbons (Fsp3) is 0.444. The maximum atomic E-state index is 12.8. The second kappa shape index (κ2) is 7.65. The molecule has 1 aromatic rings. The second-order valence-corrected chi connectivity index (χ2v) is 6.48. The number of anilines is 1. The van der Waals surface area contributed by atoms with Gasteiger partial charge in [-0.2, -0.15) is 0 Å². The van der Waals surface area contributed by atoms with Gasteiger partial charge in [-0.3, -0.25) is 19.3 Å². The summed E-state index contributed by atoms with van der Waals surface area (Å²) in [6.07, 6.45) is -0.284. The number of para-hydroxylation sites is 2. The lowest BCUT2D eigenvalue weighted by atomic mass is 10.1. The molecule has 0 saturated carbocycles. The summed E-state index contributed by atoms with van der Waals surface area (Å²) in [6.45, 7) is 0.371. The molecule has 0 spiro atoms. The summed E-state index contributed by atoms with van der Waals surface area (Å²) >= 11 is 0. The van der Waals surface area contributed by atoms with Crippen LogP contribution < -0.4 is 15.0 Å². The number of rotatable bonds is 5. The number of hydrogen-bond acceptors (Lipinski definition) is 5. The van der Waals surface area contributed by atoms with E-state index in [9.17, 15) is 19.2 Å². The van der Waals surface area contributed by atoms with Crippen molar-refractivity contribution >= 4 is 29.4 Å². The van der Waals surface area contributed by atoms with Crippen molar-refractivity contribution in [1.82, 2.24) is 15.1 Å². The van der Waals surface area contributed by atoms with Gasteiger partial charge in [-0.1, -0.05) is 12.1 Å². The van der Waals surface area contributed by atoms with Crippen molar-refractivity contribution in [3.63, 3.8) is 0 Å². The minimum Gasteiger partial charge on any atom is -0.477 e. The predicted octanol–water partition coefficient (Wildman–Crippen LogP) is 0.201. The SMILES string of the molecule is CNC(=O)[C@@H]1CN(C(=O)CCCN2C(=O)CN(C)C2=O)c2ccccc2O1. The van der Waals surface area contributed by atoms with Gasteiger partial charge < -0.3 is 19.9 Å². The number of nitrogens with zero attached hydrogens (tertiary/aromatic N) is 3. The zero-order chi connectivity index (χ0) is 19.6. The monoisotopic (exact) mass is 374 g/mol. The van der Waals surface area contributed by atoms with Gasteiger partial charge in [0, 0.05) is 27.1 Å². The number of carbonyl (C=O) groups excluding carboxylic acids is 4. The van der Waals surface area contributed by atoms with Crippen LogP contribution >= 0.6 is 0 Å². The molecule has 27 heavy (non-hydrogen) atoms. The number of benzene rings is 1. The molecule has 0 aromatic heterocycles. The van der Waals surface area contributed by atoms with Crippen LogP contribution in [0.3, 0.4) is 0 Å². The van der Waals surface area contributed by atoms with Gasteiger partial charge in [0.2, 0.25) is 11.8 Å². The summed E-state index contributed by atoms with van der Waals surface area (Å²) in [6, 6.07) is 6.69. The Morgan fingerprint density at radius 1 is 1.26 bits per heavy atom. The molecule has 2 aliphatic rings. The molecule has 2 aliphatic heterocycles. The number of carbonyl (C=O) groups is 4. The normalized spacial score (nSPS) is 19.0. The smallest absolute Gasteiger partial charge is 0.326 e. The highest BCUT2D eigenvalue weighted by molar-refractivity contribution is 6.02. The van der Waals surface area contributed by atoms with E-state index in [-0.39, 0.29) is 49.8 Å². The summed E-state index contributed by atoms with van der Waals surface area (Å²) in [4.78, 5) is 52.4. The minimum absolute atomic E-state index is 0.0669. The number of imide groups is 1. The van der Waals surface area contributed by atoms with E-state index < -0.39 is 6.10 Å². The van der Waals surface area contributed by atoms with E-state index in [0.29, 0.717) is 17.9 Å². The molecule has 5 amide bonds. The highest BCUT2D eigenvalue weighted by Crippen LogP contribution is 2.33. The number of likely N-dealkylation sites (N-methyl/N-ethyl adjacent to an activating group) is 2. The lowest BCUT2D eigenvalue weighted by molar-refractivity contribution is -0.128. The molecule has 0 radical (unpaired) electrons. The Hall–Kier alpha value is -3.10. The zero-order valence-corrected chi connectivity index (χ0v) is 15.3. The lowest BCUT2D eigenvalue weighted by Gasteiger charge is -2.34. The highest BCUT2D eigenvalue weighted by Gasteiger charge is 2.35. The molecular formula is C18H22N4O5. The van der Waals surface area contributed by atoms with Crippen molar-refractivity contribution in [1.29, 1.82) is 0 Å². The van der Waals surface area contributed by atoms with Gasteiger partial charge in [0.05, 0.1) is 12.2 Å². The van der Waals surface area contributed by atoms with E-state index in [4.69, 9.17) is 4.74 Å². The molecule has 9 nitrogen and oxygen atoms in total. The molecule has 0 bridgehead atoms. The molecule has 0 unspecified atom stereocenters. The number of amides is 5. The summed E-state index contributed by atoms with van der Waals surface area (Å²) in [5.74, 6) is -0.283. The van der Waals surface area contributed by atoms with Crippen LogP contribution in [0.25, 0.3) is 0 Å². The van der Waals surface area contributed by atoms with Crippen molar-refractivity contribution in [3.05, 3.63) is 24.3 Å². The first-order valence-electron chi connectivity index (χ1n) is 8.75. The zero-order valence-electron chi connectivity index (χ0n) is 15.3. The van der Waals surface area contributed by atoms with Crippen LogP contribution in [0.5, 0.6) is 5.75 Å². The van der Waals surface area contributed by atoms with E-state index in [2.05, 4.69) is 5.32 Å². The van der Waals surface area contributed by atoms with Crippen LogP contribution in [0.15, 0.2) is 24.3 Å². The number of fused-ring (bicyclic) bond motifs is 1. The Bertz CT molecular complexity index is 781. The Morgan fingerprint density at radius 3 is 2.67 bits per heavy atom. The van der Waals surface area contributed by atoms with Crippen LogP contribution in [0, 0.1) is 0 Å². The number of ether oxygens (including phenoxy) is 1. The van der Waals surface area contributed by atoms with Crippen LogP contribution in [-0.4, -0.2) is 73.4 Å². The Kier molecular flexibility index (Phi) is 5.29. The molecule has 2 heterocycles. The molecule has 144 valence electrons. The van der Waals surface area contributed by atoms with Crippen molar-refractivity contribution in [3.8, 4) is 5.75 Å². The van der Waals surface area contributed by atoms with Gasteiger partial charge >= 0.3 is 6.03 Å². The summed E-state index contributed by atoms with van der Waals surface area (Å²) in [7, 11) is 3.08. The first kappa shape index (κ1) is 18.7. The third-order valence-corrected chi connectivity index (χ3v) is 4.62. The molecule has 1 saturated heterocycles. The van der Waals surface area contributed by atoms with Crippen LogP contribution in [0.1, 0.15) is 12.8 Å². The number of nitrogens with one attached hydrogen (secondary N) is 1. The largest absolute Gasteiger partial charge is 0.477 e. The van der Waals surface area contributed by atoms with Crippen molar-refractivity contribution in [2.45, 2.75) is 18.9 Å². The maximum Gasteiger partial charge on any atom is 0.326 e. The molecule has 0 aliphatic carbocycles. The van der Waals surface area contributed by atoms with Crippen molar-refractivity contribution in [2.24, 2.45) is 0 Å². The third-order valence-electron chi connectivity index (χ3n) is 4.62. The quantitative estimate of drug-likeness (QED) is 0.743. The first-order valence-corrected chi connectivity index (χ1v) is 8.75. The van der Waals surface area contributed by atoms with E-state index in [1.807, 2.05) is 0 Å². The van der Waals surface area contributed by atoms with E-state index in [0.717, 1.165) is 4.90 Å². The fourth-order valence-electron chi connectivity index (χ4n) is 3.18. The van der Waals surface area contributed by atoms with Gasteiger partial charge in [0.15, 0.2) is 6.10 Å². The summed E-state index contributed by atoms with van der Waals surface area (Å²) in [5, 5.41) is 2.53. The van der Waals surface area contributed by atoms with Crippen molar-refractivity contribution < 1.29 is 23.9 Å². The van der Waals surface area contributed by atoms with Gasteiger partial charge in [0.1, 0.15) is 12.3 Å². The topological polar surface area (TPSA) is 99.3 Å². The number of hydrogen-bond donors (Lipinski definition) is 1. The Morgan fingerprint density at radius 2 is 2.00 bits per heavy atom. The molecule has 1 N–H and O–H groups in total. The first-order chi connectivity index (χ1) is 12.9. The molecule has 1 aromatic carbocycles. The minimum atomic E-state index is -0.788. The lowest BCUT2D eigenvalue weighted by Crippen LogP contribution is -2.50. The van der Waals surface area contributed by atoms with Crippen LogP contribution in [0.2, 0.25) is 0 Å². The predicted molar refractivity (Wildman–Crippen MR) is 96.3 cm³/mol. The molecule has 1 fully saturated rings. The van der Waals surface area contributed by atoms with Gasteiger partial charge in [0.25, 0.3) is 5.91 Å². The molecule has 3 rings (SSSR count). The Labute approximate surface area is 156 Å². The van der Waals surface area contributed by atoms with Crippen molar-refractivity contribution in [2.75, 3.05) is 38.6 Å². The summed E-state index contributed by atoms with van der Waals surface area (Å²) < 4.78 is 5.68. The van der Waals surface area contributed by atoms with Gasteiger partial charge in [-0.05, 0) is 18.6 Å². The molecule has 1 atom stereocenters. The van der Waals surface area contributed by atoms with Gasteiger partial charge in [-0.25, -0.2) is 4.79 Å². The highest BCUT2D eigenvalue weighted by atomic mass is 16.5. The second-order valence-electron chi connectivity index (χ2n) is 6.48. The van der Waals surface area contributed by atoms with E-state index >= 15 is 0 Å². The van der Waals surface area contributed by atoms with Crippen LogP contribution in [-0.2, 0) is 14.4 Å². The average molecular weight is 374 g/mol. The third kappa shape index (κ3) is 3.71. The standard InChI is InChI=1S/C18H22N4O5/c1-19-17(25)14-10-22(12-6-3-4-7-13(12)27-14)15(23)8-5-9-21-16(24)11-20(2)18(21)26/h3-4,6-7,14H,5,8-11H2,1-2H3,(H,19,25)/t14-/m0/s1. The number of urea groups is 1. The fourth-order valence-corrected chi connectivity index (χ4v) is 3.18. The molecular weight excluding hydrogens is 352 g/mol. The van der Waals surface area contributed by atoms with Gasteiger partial charge in [-0.15, -0.1) is 0 Å². The molecule has 9 heteroatoms. The van der Waals surface area contributed by atoms with E-state index in [1.165, 1.54) is 16.8 Å². The summed E-state index contributed by atoms with van der Waals surface area (Å²) in [5.41, 5.74) is 0.607. The van der Waals surface area contributed by atoms with Crippen LogP contribution in [0.4, 0.5) is 10.5 Å². The van der Waals surface area contributed by atoms with E-state index in [1.54, 1.807) is 31.3 Å². The maximum absolute atomic E-state index is 12.8. The Balaban J connectivity index is 1.65. The average Bonchev–Trinajstić information content (AvgIpc) is 2.92.